The Morgan fingerprint density at radius 3 is 2.90 bits per heavy atom. The molecule has 3 heteroatoms. The molecule has 0 radical (unpaired) electrons. The molecule has 1 aromatic carbocycles. The molecule has 0 aromatic heterocycles. The van der Waals surface area contributed by atoms with Gasteiger partial charge in [0.1, 0.15) is 0 Å². The van der Waals surface area contributed by atoms with E-state index in [1.807, 2.05) is 0 Å². The third-order valence-corrected chi connectivity index (χ3v) is 4.74. The summed E-state index contributed by atoms with van der Waals surface area (Å²) in [5.74, 6) is 0.691. The van der Waals surface area contributed by atoms with Crippen LogP contribution in [0, 0.1) is 0 Å². The Morgan fingerprint density at radius 1 is 1.25 bits per heavy atom. The van der Waals surface area contributed by atoms with Crippen LogP contribution in [0.15, 0.2) is 24.3 Å². The smallest absolute Gasteiger partial charge is 0.0376 e. The van der Waals surface area contributed by atoms with Crippen LogP contribution in [0.5, 0.6) is 0 Å². The van der Waals surface area contributed by atoms with Crippen LogP contribution in [-0.4, -0.2) is 56.1 Å². The van der Waals surface area contributed by atoms with Crippen molar-refractivity contribution >= 4 is 5.69 Å². The van der Waals surface area contributed by atoms with E-state index in [2.05, 4.69) is 46.4 Å². The molecule has 1 aromatic rings. The molecule has 1 atom stereocenters. The van der Waals surface area contributed by atoms with Gasteiger partial charge in [-0.2, -0.15) is 0 Å². The molecule has 1 N–H and O–H groups in total. The fourth-order valence-corrected chi connectivity index (χ4v) is 3.53. The fourth-order valence-electron chi connectivity index (χ4n) is 3.53. The number of nitrogens with one attached hydrogen (secondary N) is 1. The predicted molar refractivity (Wildman–Crippen MR) is 85.5 cm³/mol. The van der Waals surface area contributed by atoms with E-state index in [1.165, 1.54) is 63.2 Å². The highest BCUT2D eigenvalue weighted by molar-refractivity contribution is 5.54. The Hall–Kier alpha value is -1.06. The summed E-state index contributed by atoms with van der Waals surface area (Å²) >= 11 is 0. The maximum Gasteiger partial charge on any atom is 0.0376 e. The highest BCUT2D eigenvalue weighted by Crippen LogP contribution is 2.31. The lowest BCUT2D eigenvalue weighted by Gasteiger charge is -2.30. The molecule has 0 aliphatic carbocycles. The van der Waals surface area contributed by atoms with Gasteiger partial charge in [-0.15, -0.1) is 0 Å². The van der Waals surface area contributed by atoms with E-state index in [0.29, 0.717) is 5.92 Å². The SMILES string of the molecule is CN(CCN1CCCC1)CC1CCNc2ccccc21. The highest BCUT2D eigenvalue weighted by Gasteiger charge is 2.21. The molecule has 0 spiro atoms. The predicted octanol–water partition coefficient (Wildman–Crippen LogP) is 2.61. The zero-order valence-electron chi connectivity index (χ0n) is 12.6. The van der Waals surface area contributed by atoms with Gasteiger partial charge in [0.15, 0.2) is 0 Å². The zero-order chi connectivity index (χ0) is 13.8. The number of para-hydroxylation sites is 1. The van der Waals surface area contributed by atoms with Crippen LogP contribution >= 0.6 is 0 Å². The van der Waals surface area contributed by atoms with Gasteiger partial charge in [0.25, 0.3) is 0 Å². The first-order chi connectivity index (χ1) is 9.83. The fraction of sp³-hybridized carbons (Fsp3) is 0.647. The second-order valence-electron chi connectivity index (χ2n) is 6.31. The largest absolute Gasteiger partial charge is 0.385 e. The van der Waals surface area contributed by atoms with Crippen molar-refractivity contribution in [2.75, 3.05) is 51.6 Å². The number of fused-ring (bicyclic) bond motifs is 1. The van der Waals surface area contributed by atoms with Crippen LogP contribution in [0.1, 0.15) is 30.7 Å². The molecule has 0 bridgehead atoms. The molecule has 1 saturated heterocycles. The summed E-state index contributed by atoms with van der Waals surface area (Å²) in [6.07, 6.45) is 4.04. The topological polar surface area (TPSA) is 18.5 Å². The van der Waals surface area contributed by atoms with Gasteiger partial charge in [-0.05, 0) is 51.0 Å². The van der Waals surface area contributed by atoms with Crippen molar-refractivity contribution in [2.45, 2.75) is 25.2 Å². The third-order valence-electron chi connectivity index (χ3n) is 4.74. The first kappa shape index (κ1) is 13.9. The lowest BCUT2D eigenvalue weighted by atomic mass is 9.90. The summed E-state index contributed by atoms with van der Waals surface area (Å²) in [7, 11) is 2.28. The van der Waals surface area contributed by atoms with Crippen molar-refractivity contribution in [1.29, 1.82) is 0 Å². The van der Waals surface area contributed by atoms with Gasteiger partial charge in [-0.3, -0.25) is 0 Å². The Morgan fingerprint density at radius 2 is 2.05 bits per heavy atom. The van der Waals surface area contributed by atoms with Crippen molar-refractivity contribution in [3.63, 3.8) is 0 Å². The van der Waals surface area contributed by atoms with Crippen molar-refractivity contribution in [3.8, 4) is 0 Å². The molecule has 3 rings (SSSR count). The monoisotopic (exact) mass is 273 g/mol. The quantitative estimate of drug-likeness (QED) is 0.889. The van der Waals surface area contributed by atoms with Gasteiger partial charge >= 0.3 is 0 Å². The number of likely N-dealkylation sites (tertiary alicyclic amines) is 1. The first-order valence-electron chi connectivity index (χ1n) is 8.06. The second kappa shape index (κ2) is 6.59. The molecule has 1 fully saturated rings. The van der Waals surface area contributed by atoms with Crippen molar-refractivity contribution < 1.29 is 0 Å². The summed E-state index contributed by atoms with van der Waals surface area (Å²) in [6, 6.07) is 8.81. The van der Waals surface area contributed by atoms with Crippen LogP contribution in [-0.2, 0) is 0 Å². The van der Waals surface area contributed by atoms with Gasteiger partial charge in [-0.25, -0.2) is 0 Å². The average Bonchev–Trinajstić information content (AvgIpc) is 2.99. The van der Waals surface area contributed by atoms with Gasteiger partial charge in [0.2, 0.25) is 0 Å². The number of likely N-dealkylation sites (N-methyl/N-ethyl adjacent to an activating group) is 1. The van der Waals surface area contributed by atoms with Crippen LogP contribution in [0.3, 0.4) is 0 Å². The summed E-state index contributed by atoms with van der Waals surface area (Å²) < 4.78 is 0. The number of hydrogen-bond donors (Lipinski definition) is 1. The molecular weight excluding hydrogens is 246 g/mol. The molecule has 0 saturated carbocycles. The van der Waals surface area contributed by atoms with Crippen molar-refractivity contribution in [3.05, 3.63) is 29.8 Å². The number of nitrogens with zero attached hydrogens (tertiary/aromatic N) is 2. The van der Waals surface area contributed by atoms with Crippen LogP contribution in [0.2, 0.25) is 0 Å². The molecule has 3 nitrogen and oxygen atoms in total. The standard InChI is InChI=1S/C17H27N3/c1-19(12-13-20-10-4-5-11-20)14-15-8-9-18-17-7-3-2-6-16(15)17/h2-3,6-7,15,18H,4-5,8-14H2,1H3. The third kappa shape index (κ3) is 3.33. The minimum Gasteiger partial charge on any atom is -0.385 e. The normalized spacial score (nSPS) is 22.8. The van der Waals surface area contributed by atoms with Crippen molar-refractivity contribution in [1.82, 2.24) is 9.80 Å². The van der Waals surface area contributed by atoms with Crippen molar-refractivity contribution in [2.24, 2.45) is 0 Å². The lowest BCUT2D eigenvalue weighted by molar-refractivity contribution is 0.245. The summed E-state index contributed by atoms with van der Waals surface area (Å²) in [5.41, 5.74) is 2.85. The molecule has 1 unspecified atom stereocenters. The van der Waals surface area contributed by atoms with E-state index in [4.69, 9.17) is 0 Å². The molecule has 2 aliphatic heterocycles. The Balaban J connectivity index is 1.52. The molecule has 0 amide bonds. The lowest BCUT2D eigenvalue weighted by Crippen LogP contribution is -2.35. The van der Waals surface area contributed by atoms with E-state index < -0.39 is 0 Å². The van der Waals surface area contributed by atoms with E-state index in [0.717, 1.165) is 6.54 Å². The average molecular weight is 273 g/mol. The zero-order valence-corrected chi connectivity index (χ0v) is 12.6. The molecule has 110 valence electrons. The van der Waals surface area contributed by atoms with E-state index >= 15 is 0 Å². The van der Waals surface area contributed by atoms with Crippen LogP contribution in [0.4, 0.5) is 5.69 Å². The molecule has 2 heterocycles. The Kier molecular flexibility index (Phi) is 4.58. The van der Waals surface area contributed by atoms with Gasteiger partial charge < -0.3 is 15.1 Å². The molecular formula is C17H27N3. The molecule has 2 aliphatic rings. The maximum absolute atomic E-state index is 3.52. The minimum atomic E-state index is 0.691. The van der Waals surface area contributed by atoms with Crippen LogP contribution < -0.4 is 5.32 Å². The Labute approximate surface area is 123 Å². The number of hydrogen-bond acceptors (Lipinski definition) is 3. The highest BCUT2D eigenvalue weighted by atomic mass is 15.2. The van der Waals surface area contributed by atoms with E-state index in [1.54, 1.807) is 0 Å². The first-order valence-corrected chi connectivity index (χ1v) is 8.06. The number of benzene rings is 1. The minimum absolute atomic E-state index is 0.691. The van der Waals surface area contributed by atoms with Gasteiger partial charge in [-0.1, -0.05) is 18.2 Å². The maximum atomic E-state index is 3.52. The number of rotatable bonds is 5. The molecule has 20 heavy (non-hydrogen) atoms. The van der Waals surface area contributed by atoms with Gasteiger partial charge in [0, 0.05) is 37.8 Å². The van der Waals surface area contributed by atoms with Crippen LogP contribution in [0.25, 0.3) is 0 Å². The summed E-state index contributed by atoms with van der Waals surface area (Å²) in [5, 5.41) is 3.52. The van der Waals surface area contributed by atoms with E-state index in [-0.39, 0.29) is 0 Å². The number of anilines is 1. The van der Waals surface area contributed by atoms with E-state index in [9.17, 15) is 0 Å². The second-order valence-corrected chi connectivity index (χ2v) is 6.31. The Bertz CT molecular complexity index is 426. The summed E-state index contributed by atoms with van der Waals surface area (Å²) in [6.45, 7) is 7.36. The van der Waals surface area contributed by atoms with Gasteiger partial charge in [0.05, 0.1) is 0 Å². The summed E-state index contributed by atoms with van der Waals surface area (Å²) in [4.78, 5) is 5.12.